The fourth-order valence-electron chi connectivity index (χ4n) is 1.89. The molecule has 0 aliphatic carbocycles. The topological polar surface area (TPSA) is 38.1 Å². The van der Waals surface area contributed by atoms with Crippen molar-refractivity contribution < 1.29 is 4.42 Å². The van der Waals surface area contributed by atoms with Gasteiger partial charge in [0.05, 0.1) is 12.7 Å². The zero-order valence-corrected chi connectivity index (χ0v) is 12.2. The minimum atomic E-state index is 0.634. The van der Waals surface area contributed by atoms with Crippen LogP contribution in [-0.2, 0) is 6.54 Å². The van der Waals surface area contributed by atoms with Crippen LogP contribution in [0, 0.1) is 19.8 Å². The maximum absolute atomic E-state index is 5.77. The molecule has 0 radical (unpaired) electrons. The second-order valence-electron chi connectivity index (χ2n) is 5.44. The number of benzene rings is 1. The molecule has 0 spiro atoms. The Labute approximate surface area is 115 Å². The molecule has 0 aliphatic rings. The predicted molar refractivity (Wildman–Crippen MR) is 78.0 cm³/mol. The quantitative estimate of drug-likeness (QED) is 0.888. The van der Waals surface area contributed by atoms with E-state index in [1.165, 1.54) is 11.1 Å². The van der Waals surface area contributed by atoms with Crippen LogP contribution in [0.3, 0.4) is 0 Å². The molecule has 0 atom stereocenters. The number of oxazole rings is 1. The van der Waals surface area contributed by atoms with Crippen molar-refractivity contribution in [3.8, 4) is 11.3 Å². The van der Waals surface area contributed by atoms with E-state index < -0.39 is 0 Å². The average Bonchev–Trinajstić information content (AvgIpc) is 2.81. The highest BCUT2D eigenvalue weighted by Gasteiger charge is 2.07. The Hall–Kier alpha value is -1.61. The Morgan fingerprint density at radius 1 is 1.21 bits per heavy atom. The number of nitrogens with zero attached hydrogens (tertiary/aromatic N) is 1. The Bertz CT molecular complexity index is 543. The van der Waals surface area contributed by atoms with Crippen LogP contribution < -0.4 is 5.32 Å². The lowest BCUT2D eigenvalue weighted by molar-refractivity contribution is 0.459. The standard InChI is InChI=1S/C16H22N2O/c1-11(2)8-17-10-16-18-9-15(19-16)14-6-5-12(3)13(4)7-14/h5-7,9,11,17H,8,10H2,1-4H3. The zero-order chi connectivity index (χ0) is 13.8. The first kappa shape index (κ1) is 13.8. The molecular formula is C16H22N2O. The van der Waals surface area contributed by atoms with Crippen molar-refractivity contribution in [2.75, 3.05) is 6.54 Å². The van der Waals surface area contributed by atoms with Crippen LogP contribution in [0.4, 0.5) is 0 Å². The van der Waals surface area contributed by atoms with Crippen molar-refractivity contribution in [2.24, 2.45) is 5.92 Å². The number of rotatable bonds is 5. The van der Waals surface area contributed by atoms with Crippen molar-refractivity contribution >= 4 is 0 Å². The summed E-state index contributed by atoms with van der Waals surface area (Å²) in [7, 11) is 0. The minimum Gasteiger partial charge on any atom is -0.439 e. The Kier molecular flexibility index (Phi) is 4.38. The molecule has 1 N–H and O–H groups in total. The van der Waals surface area contributed by atoms with Crippen LogP contribution in [0.5, 0.6) is 0 Å². The molecule has 3 nitrogen and oxygen atoms in total. The Morgan fingerprint density at radius 3 is 2.68 bits per heavy atom. The van der Waals surface area contributed by atoms with Crippen LogP contribution >= 0.6 is 0 Å². The molecule has 1 heterocycles. The van der Waals surface area contributed by atoms with Crippen molar-refractivity contribution in [3.05, 3.63) is 41.4 Å². The normalized spacial score (nSPS) is 11.2. The first-order valence-electron chi connectivity index (χ1n) is 6.79. The second-order valence-corrected chi connectivity index (χ2v) is 5.44. The number of hydrogen-bond acceptors (Lipinski definition) is 3. The monoisotopic (exact) mass is 258 g/mol. The van der Waals surface area contributed by atoms with Gasteiger partial charge in [0.15, 0.2) is 5.76 Å². The number of nitrogens with one attached hydrogen (secondary N) is 1. The summed E-state index contributed by atoms with van der Waals surface area (Å²) < 4.78 is 5.77. The van der Waals surface area contributed by atoms with Crippen LogP contribution in [-0.4, -0.2) is 11.5 Å². The molecule has 0 aliphatic heterocycles. The van der Waals surface area contributed by atoms with E-state index in [0.717, 1.165) is 23.8 Å². The summed E-state index contributed by atoms with van der Waals surface area (Å²) >= 11 is 0. The summed E-state index contributed by atoms with van der Waals surface area (Å²) in [5, 5.41) is 3.33. The van der Waals surface area contributed by atoms with Crippen LogP contribution in [0.25, 0.3) is 11.3 Å². The number of hydrogen-bond donors (Lipinski definition) is 1. The molecule has 0 unspecified atom stereocenters. The van der Waals surface area contributed by atoms with Gasteiger partial charge in [0, 0.05) is 5.56 Å². The Balaban J connectivity index is 2.05. The molecular weight excluding hydrogens is 236 g/mol. The van der Waals surface area contributed by atoms with Gasteiger partial charge >= 0.3 is 0 Å². The lowest BCUT2D eigenvalue weighted by Crippen LogP contribution is -2.18. The molecule has 0 saturated carbocycles. The van der Waals surface area contributed by atoms with Gasteiger partial charge in [-0.2, -0.15) is 0 Å². The molecule has 3 heteroatoms. The van der Waals surface area contributed by atoms with E-state index in [9.17, 15) is 0 Å². The van der Waals surface area contributed by atoms with Crippen molar-refractivity contribution in [2.45, 2.75) is 34.2 Å². The number of aromatic nitrogens is 1. The van der Waals surface area contributed by atoms with E-state index in [1.54, 1.807) is 6.20 Å². The molecule has 1 aromatic heterocycles. The second kappa shape index (κ2) is 6.02. The SMILES string of the molecule is Cc1ccc(-c2cnc(CNCC(C)C)o2)cc1C. The molecule has 0 bridgehead atoms. The molecule has 0 saturated heterocycles. The highest BCUT2D eigenvalue weighted by atomic mass is 16.4. The third kappa shape index (κ3) is 3.67. The lowest BCUT2D eigenvalue weighted by Gasteiger charge is -2.04. The van der Waals surface area contributed by atoms with E-state index in [-0.39, 0.29) is 0 Å². The summed E-state index contributed by atoms with van der Waals surface area (Å²) in [5.74, 6) is 2.22. The van der Waals surface area contributed by atoms with E-state index in [2.05, 4.69) is 56.2 Å². The molecule has 19 heavy (non-hydrogen) atoms. The average molecular weight is 258 g/mol. The molecule has 0 fully saturated rings. The van der Waals surface area contributed by atoms with Crippen molar-refractivity contribution in [3.63, 3.8) is 0 Å². The van der Waals surface area contributed by atoms with Gasteiger partial charge in [0.25, 0.3) is 0 Å². The smallest absolute Gasteiger partial charge is 0.208 e. The van der Waals surface area contributed by atoms with Gasteiger partial charge in [0.1, 0.15) is 0 Å². The largest absolute Gasteiger partial charge is 0.439 e. The van der Waals surface area contributed by atoms with Crippen molar-refractivity contribution in [1.29, 1.82) is 0 Å². The molecule has 2 aromatic rings. The first-order chi connectivity index (χ1) is 9.06. The van der Waals surface area contributed by atoms with Gasteiger partial charge in [-0.3, -0.25) is 0 Å². The van der Waals surface area contributed by atoms with Crippen LogP contribution in [0.2, 0.25) is 0 Å². The van der Waals surface area contributed by atoms with Crippen LogP contribution in [0.15, 0.2) is 28.8 Å². The fraction of sp³-hybridized carbons (Fsp3) is 0.438. The van der Waals surface area contributed by atoms with E-state index >= 15 is 0 Å². The third-order valence-electron chi connectivity index (χ3n) is 3.17. The molecule has 1 aromatic carbocycles. The summed E-state index contributed by atoms with van der Waals surface area (Å²) in [6.07, 6.45) is 1.80. The maximum atomic E-state index is 5.77. The summed E-state index contributed by atoms with van der Waals surface area (Å²) in [6.45, 7) is 10.2. The maximum Gasteiger partial charge on any atom is 0.208 e. The van der Waals surface area contributed by atoms with Gasteiger partial charge in [-0.15, -0.1) is 0 Å². The van der Waals surface area contributed by atoms with Gasteiger partial charge in [-0.05, 0) is 43.5 Å². The first-order valence-corrected chi connectivity index (χ1v) is 6.79. The highest BCUT2D eigenvalue weighted by Crippen LogP contribution is 2.22. The van der Waals surface area contributed by atoms with Crippen LogP contribution in [0.1, 0.15) is 30.9 Å². The molecule has 2 rings (SSSR count). The summed E-state index contributed by atoms with van der Waals surface area (Å²) in [6, 6.07) is 6.33. The third-order valence-corrected chi connectivity index (χ3v) is 3.17. The minimum absolute atomic E-state index is 0.634. The predicted octanol–water partition coefficient (Wildman–Crippen LogP) is 3.70. The van der Waals surface area contributed by atoms with E-state index in [1.807, 2.05) is 0 Å². The van der Waals surface area contributed by atoms with E-state index in [4.69, 9.17) is 4.42 Å². The van der Waals surface area contributed by atoms with Gasteiger partial charge in [-0.25, -0.2) is 4.98 Å². The lowest BCUT2D eigenvalue weighted by atomic mass is 10.1. The Morgan fingerprint density at radius 2 is 2.00 bits per heavy atom. The fourth-order valence-corrected chi connectivity index (χ4v) is 1.89. The summed E-state index contributed by atoms with van der Waals surface area (Å²) in [5.41, 5.74) is 3.65. The number of aryl methyl sites for hydroxylation is 2. The molecule has 102 valence electrons. The van der Waals surface area contributed by atoms with Gasteiger partial charge in [0.2, 0.25) is 5.89 Å². The zero-order valence-electron chi connectivity index (χ0n) is 12.2. The van der Waals surface area contributed by atoms with Crippen molar-refractivity contribution in [1.82, 2.24) is 10.3 Å². The highest BCUT2D eigenvalue weighted by molar-refractivity contribution is 5.58. The van der Waals surface area contributed by atoms with Gasteiger partial charge in [-0.1, -0.05) is 26.0 Å². The molecule has 0 amide bonds. The summed E-state index contributed by atoms with van der Waals surface area (Å²) in [4.78, 5) is 4.31. The van der Waals surface area contributed by atoms with Gasteiger partial charge < -0.3 is 9.73 Å². The van der Waals surface area contributed by atoms with E-state index in [0.29, 0.717) is 12.5 Å².